The van der Waals surface area contributed by atoms with E-state index in [0.717, 1.165) is 11.2 Å². The first-order chi connectivity index (χ1) is 9.79. The Kier molecular flexibility index (Phi) is 3.21. The molecule has 0 aliphatic heterocycles. The van der Waals surface area contributed by atoms with Crippen LogP contribution in [0.1, 0.15) is 17.3 Å². The Balaban J connectivity index is 1.97. The molecule has 0 spiro atoms. The van der Waals surface area contributed by atoms with Gasteiger partial charge in [-0.1, -0.05) is 18.2 Å². The highest BCUT2D eigenvalue weighted by Gasteiger charge is 2.16. The van der Waals surface area contributed by atoms with Gasteiger partial charge < -0.3 is 9.30 Å². The summed E-state index contributed by atoms with van der Waals surface area (Å²) in [6.45, 7) is 2.61. The Morgan fingerprint density at radius 3 is 2.80 bits per heavy atom. The molecule has 0 radical (unpaired) electrons. The molecule has 1 amide bonds. The highest BCUT2D eigenvalue weighted by atomic mass is 16.2. The van der Waals surface area contributed by atoms with Crippen LogP contribution in [-0.2, 0) is 0 Å². The van der Waals surface area contributed by atoms with Crippen LogP contribution >= 0.6 is 0 Å². The highest BCUT2D eigenvalue weighted by molar-refractivity contribution is 6.06. The predicted octanol–water partition coefficient (Wildman–Crippen LogP) is 3.00. The van der Waals surface area contributed by atoms with Gasteiger partial charge in [0.15, 0.2) is 0 Å². The van der Waals surface area contributed by atoms with Crippen molar-refractivity contribution in [3.05, 3.63) is 66.7 Å². The monoisotopic (exact) mass is 265 g/mol. The summed E-state index contributed by atoms with van der Waals surface area (Å²) < 4.78 is 1.88. The van der Waals surface area contributed by atoms with Crippen molar-refractivity contribution in [1.29, 1.82) is 0 Å². The molecule has 0 saturated carbocycles. The molecule has 2 aromatic heterocycles. The third-order valence-electron chi connectivity index (χ3n) is 3.29. The van der Waals surface area contributed by atoms with Crippen molar-refractivity contribution in [2.24, 2.45) is 0 Å². The Bertz CT molecular complexity index is 734. The zero-order chi connectivity index (χ0) is 13.9. The summed E-state index contributed by atoms with van der Waals surface area (Å²) in [5, 5.41) is 0. The van der Waals surface area contributed by atoms with Crippen molar-refractivity contribution in [3.63, 3.8) is 0 Å². The minimum atomic E-state index is 0.00222. The standard InChI is InChI=1S/C16H15N3O/c1-2-19(14-6-4-3-5-7-14)16(20)13-8-9-18-12-17-11-15(18)10-13/h3-12H,2H2,1H3. The van der Waals surface area contributed by atoms with E-state index in [9.17, 15) is 4.79 Å². The number of nitrogens with zero attached hydrogens (tertiary/aromatic N) is 3. The van der Waals surface area contributed by atoms with Crippen molar-refractivity contribution < 1.29 is 4.79 Å². The number of hydrogen-bond donors (Lipinski definition) is 0. The molecule has 3 aromatic rings. The van der Waals surface area contributed by atoms with E-state index in [1.807, 2.05) is 60.0 Å². The van der Waals surface area contributed by atoms with Crippen LogP contribution in [-0.4, -0.2) is 21.8 Å². The predicted molar refractivity (Wildman–Crippen MR) is 79.0 cm³/mol. The average molecular weight is 265 g/mol. The van der Waals surface area contributed by atoms with Gasteiger partial charge in [0.2, 0.25) is 0 Å². The van der Waals surface area contributed by atoms with Crippen molar-refractivity contribution in [1.82, 2.24) is 9.38 Å². The fourth-order valence-corrected chi connectivity index (χ4v) is 2.26. The fraction of sp³-hybridized carbons (Fsp3) is 0.125. The number of imidazole rings is 1. The molecule has 20 heavy (non-hydrogen) atoms. The zero-order valence-electron chi connectivity index (χ0n) is 11.2. The number of hydrogen-bond acceptors (Lipinski definition) is 2. The van der Waals surface area contributed by atoms with Gasteiger partial charge >= 0.3 is 0 Å². The lowest BCUT2D eigenvalue weighted by Gasteiger charge is -2.21. The van der Waals surface area contributed by atoms with E-state index < -0.39 is 0 Å². The number of carbonyl (C=O) groups is 1. The van der Waals surface area contributed by atoms with E-state index in [-0.39, 0.29) is 5.91 Å². The fourth-order valence-electron chi connectivity index (χ4n) is 2.26. The molecule has 0 saturated heterocycles. The van der Waals surface area contributed by atoms with Gasteiger partial charge in [0.25, 0.3) is 5.91 Å². The molecule has 0 fully saturated rings. The van der Waals surface area contributed by atoms with Crippen LogP contribution < -0.4 is 4.90 Å². The van der Waals surface area contributed by atoms with Gasteiger partial charge in [-0.3, -0.25) is 4.79 Å². The Morgan fingerprint density at radius 2 is 2.05 bits per heavy atom. The third kappa shape index (κ3) is 2.16. The third-order valence-corrected chi connectivity index (χ3v) is 3.29. The molecule has 0 N–H and O–H groups in total. The van der Waals surface area contributed by atoms with Gasteiger partial charge in [-0.25, -0.2) is 4.98 Å². The molecule has 100 valence electrons. The smallest absolute Gasteiger partial charge is 0.258 e. The first-order valence-corrected chi connectivity index (χ1v) is 6.58. The summed E-state index contributed by atoms with van der Waals surface area (Å²) in [6.07, 6.45) is 5.32. The van der Waals surface area contributed by atoms with E-state index >= 15 is 0 Å². The maximum atomic E-state index is 12.6. The molecular formula is C16H15N3O. The van der Waals surface area contributed by atoms with E-state index in [4.69, 9.17) is 0 Å². The molecule has 4 heteroatoms. The molecular weight excluding hydrogens is 250 g/mol. The summed E-state index contributed by atoms with van der Waals surface area (Å²) in [5.74, 6) is 0.00222. The van der Waals surface area contributed by atoms with Crippen molar-refractivity contribution in [3.8, 4) is 0 Å². The highest BCUT2D eigenvalue weighted by Crippen LogP contribution is 2.17. The molecule has 0 unspecified atom stereocenters. The van der Waals surface area contributed by atoms with Crippen LogP contribution in [0.3, 0.4) is 0 Å². The molecule has 0 aliphatic rings. The number of fused-ring (bicyclic) bond motifs is 1. The first kappa shape index (κ1) is 12.4. The first-order valence-electron chi connectivity index (χ1n) is 6.58. The molecule has 0 bridgehead atoms. The molecule has 0 atom stereocenters. The van der Waals surface area contributed by atoms with E-state index in [2.05, 4.69) is 4.98 Å². The number of aromatic nitrogens is 2. The second-order valence-corrected chi connectivity index (χ2v) is 4.53. The number of para-hydroxylation sites is 1. The van der Waals surface area contributed by atoms with Gasteiger partial charge in [0.1, 0.15) is 0 Å². The molecule has 3 rings (SSSR count). The summed E-state index contributed by atoms with van der Waals surface area (Å²) in [4.78, 5) is 18.5. The summed E-state index contributed by atoms with van der Waals surface area (Å²) >= 11 is 0. The van der Waals surface area contributed by atoms with Gasteiger partial charge in [0, 0.05) is 24.0 Å². The van der Waals surface area contributed by atoms with Gasteiger partial charge in [0.05, 0.1) is 18.0 Å². The molecule has 2 heterocycles. The number of anilines is 1. The minimum Gasteiger partial charge on any atom is -0.309 e. The van der Waals surface area contributed by atoms with Crippen LogP contribution in [0.15, 0.2) is 61.2 Å². The summed E-state index contributed by atoms with van der Waals surface area (Å²) in [7, 11) is 0. The van der Waals surface area contributed by atoms with Crippen LogP contribution in [0, 0.1) is 0 Å². The topological polar surface area (TPSA) is 37.6 Å². The number of pyridine rings is 1. The van der Waals surface area contributed by atoms with Gasteiger partial charge in [-0.2, -0.15) is 0 Å². The second-order valence-electron chi connectivity index (χ2n) is 4.53. The normalized spacial score (nSPS) is 10.7. The Morgan fingerprint density at radius 1 is 1.25 bits per heavy atom. The maximum Gasteiger partial charge on any atom is 0.258 e. The summed E-state index contributed by atoms with van der Waals surface area (Å²) in [6, 6.07) is 13.4. The zero-order valence-corrected chi connectivity index (χ0v) is 11.2. The quantitative estimate of drug-likeness (QED) is 0.730. The second kappa shape index (κ2) is 5.17. The lowest BCUT2D eigenvalue weighted by atomic mass is 10.2. The van der Waals surface area contributed by atoms with Crippen LogP contribution in [0.5, 0.6) is 0 Å². The minimum absolute atomic E-state index is 0.00222. The number of carbonyl (C=O) groups excluding carboxylic acids is 1. The Hall–Kier alpha value is -2.62. The number of amides is 1. The molecule has 1 aromatic carbocycles. The van der Waals surface area contributed by atoms with Gasteiger partial charge in [-0.15, -0.1) is 0 Å². The Labute approximate surface area is 117 Å². The van der Waals surface area contributed by atoms with Gasteiger partial charge in [-0.05, 0) is 31.2 Å². The lowest BCUT2D eigenvalue weighted by molar-refractivity contribution is 0.0988. The van der Waals surface area contributed by atoms with Crippen LogP contribution in [0.4, 0.5) is 5.69 Å². The lowest BCUT2D eigenvalue weighted by Crippen LogP contribution is -2.30. The number of benzene rings is 1. The van der Waals surface area contributed by atoms with E-state index in [1.165, 1.54) is 0 Å². The van der Waals surface area contributed by atoms with E-state index in [1.54, 1.807) is 17.4 Å². The summed E-state index contributed by atoms with van der Waals surface area (Å²) in [5.41, 5.74) is 2.50. The van der Waals surface area contributed by atoms with E-state index in [0.29, 0.717) is 12.1 Å². The largest absolute Gasteiger partial charge is 0.309 e. The molecule has 4 nitrogen and oxygen atoms in total. The van der Waals surface area contributed by atoms with Crippen molar-refractivity contribution in [2.75, 3.05) is 11.4 Å². The van der Waals surface area contributed by atoms with Crippen LogP contribution in [0.25, 0.3) is 5.52 Å². The average Bonchev–Trinajstić information content (AvgIpc) is 2.96. The number of rotatable bonds is 3. The van der Waals surface area contributed by atoms with Crippen molar-refractivity contribution >= 4 is 17.1 Å². The SMILES string of the molecule is CCN(C(=O)c1ccn2cncc2c1)c1ccccc1. The van der Waals surface area contributed by atoms with Crippen LogP contribution in [0.2, 0.25) is 0 Å². The molecule has 0 aliphatic carbocycles. The maximum absolute atomic E-state index is 12.6. The van der Waals surface area contributed by atoms with Crippen molar-refractivity contribution in [2.45, 2.75) is 6.92 Å².